The molecule has 6 nitrogen and oxygen atoms in total. The molecule has 0 amide bonds. The quantitative estimate of drug-likeness (QED) is 0.747. The smallest absolute Gasteiger partial charge is 0.326 e. The molecule has 0 radical (unpaired) electrons. The Bertz CT molecular complexity index is 423. The Morgan fingerprint density at radius 1 is 1.78 bits per heavy atom. The van der Waals surface area contributed by atoms with Gasteiger partial charge in [0.2, 0.25) is 0 Å². The average molecular weight is 270 g/mol. The number of nitrogens with zero attached hydrogens (tertiary/aromatic N) is 2. The van der Waals surface area contributed by atoms with Crippen LogP contribution < -0.4 is 11.1 Å². The largest absolute Gasteiger partial charge is 0.480 e. The van der Waals surface area contributed by atoms with E-state index in [0.717, 1.165) is 24.6 Å². The van der Waals surface area contributed by atoms with Gasteiger partial charge in [0.15, 0.2) is 5.13 Å². The lowest BCUT2D eigenvalue weighted by molar-refractivity contribution is -0.138. The summed E-state index contributed by atoms with van der Waals surface area (Å²) in [7, 11) is 2.10. The topological polar surface area (TPSA) is 91.5 Å². The number of aromatic nitrogens is 1. The Balaban J connectivity index is 1.96. The molecule has 7 heteroatoms. The zero-order chi connectivity index (χ0) is 13.1. The van der Waals surface area contributed by atoms with Gasteiger partial charge in [-0.2, -0.15) is 0 Å². The van der Waals surface area contributed by atoms with Crippen LogP contribution in [0.2, 0.25) is 0 Å². The zero-order valence-electron chi connectivity index (χ0n) is 10.3. The van der Waals surface area contributed by atoms with Gasteiger partial charge in [0.25, 0.3) is 0 Å². The summed E-state index contributed by atoms with van der Waals surface area (Å²) in [5, 5.41) is 14.6. The number of aliphatic carboxylic acids is 1. The molecule has 1 saturated heterocycles. The van der Waals surface area contributed by atoms with Crippen molar-refractivity contribution in [2.75, 3.05) is 25.5 Å². The molecule has 1 aromatic rings. The third-order valence-corrected chi connectivity index (χ3v) is 3.85. The fourth-order valence-corrected chi connectivity index (χ4v) is 2.91. The van der Waals surface area contributed by atoms with E-state index in [1.165, 1.54) is 17.8 Å². The van der Waals surface area contributed by atoms with E-state index < -0.39 is 12.0 Å². The first-order chi connectivity index (χ1) is 8.56. The van der Waals surface area contributed by atoms with Crippen molar-refractivity contribution in [2.45, 2.75) is 24.9 Å². The van der Waals surface area contributed by atoms with Crippen molar-refractivity contribution in [3.05, 3.63) is 11.1 Å². The molecule has 0 aromatic carbocycles. The summed E-state index contributed by atoms with van der Waals surface area (Å²) in [5.41, 5.74) is 5.93. The SMILES string of the molecule is CN1CCCC(Nc2nc(C(N)C(=O)O)cs2)C1. The van der Waals surface area contributed by atoms with Gasteiger partial charge in [0.05, 0.1) is 5.69 Å². The predicted octanol–water partition coefficient (Wildman–Crippen LogP) is 0.734. The maximum absolute atomic E-state index is 10.8. The molecule has 2 unspecified atom stereocenters. The van der Waals surface area contributed by atoms with Crippen LogP contribution in [0.4, 0.5) is 5.13 Å². The number of rotatable bonds is 4. The second-order valence-electron chi connectivity index (χ2n) is 4.64. The summed E-state index contributed by atoms with van der Waals surface area (Å²) in [6.45, 7) is 2.12. The highest BCUT2D eigenvalue weighted by Crippen LogP contribution is 2.22. The lowest BCUT2D eigenvalue weighted by Crippen LogP contribution is -2.39. The molecule has 0 saturated carbocycles. The number of carboxylic acids is 1. The van der Waals surface area contributed by atoms with Crippen LogP contribution in [0.1, 0.15) is 24.6 Å². The Morgan fingerprint density at radius 2 is 2.56 bits per heavy atom. The number of piperidine rings is 1. The van der Waals surface area contributed by atoms with Crippen molar-refractivity contribution in [1.82, 2.24) is 9.88 Å². The van der Waals surface area contributed by atoms with Crippen LogP contribution in [0.25, 0.3) is 0 Å². The van der Waals surface area contributed by atoms with Crippen molar-refractivity contribution >= 4 is 22.4 Å². The molecular formula is C11H18N4O2S. The number of hydrogen-bond donors (Lipinski definition) is 3. The van der Waals surface area contributed by atoms with Crippen LogP contribution >= 0.6 is 11.3 Å². The first-order valence-electron chi connectivity index (χ1n) is 5.95. The van der Waals surface area contributed by atoms with Crippen LogP contribution in [0, 0.1) is 0 Å². The summed E-state index contributed by atoms with van der Waals surface area (Å²) in [6, 6.07) is -0.658. The summed E-state index contributed by atoms with van der Waals surface area (Å²) >= 11 is 1.41. The van der Waals surface area contributed by atoms with E-state index >= 15 is 0 Å². The van der Waals surface area contributed by atoms with Crippen LogP contribution in [0.15, 0.2) is 5.38 Å². The minimum absolute atomic E-state index is 0.379. The monoisotopic (exact) mass is 270 g/mol. The standard InChI is InChI=1S/C11H18N4O2S/c1-15-4-2-3-7(5-15)13-11-14-8(6-18-11)9(12)10(16)17/h6-7,9H,2-5,12H2,1H3,(H,13,14)(H,16,17). The predicted molar refractivity (Wildman–Crippen MR) is 70.8 cm³/mol. The molecule has 0 bridgehead atoms. The van der Waals surface area contributed by atoms with Gasteiger partial charge in [-0.1, -0.05) is 0 Å². The molecular weight excluding hydrogens is 252 g/mol. The molecule has 1 aliphatic rings. The summed E-state index contributed by atoms with van der Waals surface area (Å²) < 4.78 is 0. The minimum Gasteiger partial charge on any atom is -0.480 e. The van der Waals surface area contributed by atoms with Crippen LogP contribution in [-0.2, 0) is 4.79 Å². The minimum atomic E-state index is -1.05. The number of likely N-dealkylation sites (tertiary alicyclic amines) is 1. The average Bonchev–Trinajstić information content (AvgIpc) is 2.76. The molecule has 2 rings (SSSR count). The van der Waals surface area contributed by atoms with Crippen molar-refractivity contribution in [2.24, 2.45) is 5.73 Å². The first-order valence-corrected chi connectivity index (χ1v) is 6.83. The number of carbonyl (C=O) groups is 1. The fourth-order valence-electron chi connectivity index (χ4n) is 2.08. The fraction of sp³-hybridized carbons (Fsp3) is 0.636. The van der Waals surface area contributed by atoms with Gasteiger partial charge in [-0.05, 0) is 26.4 Å². The molecule has 2 atom stereocenters. The lowest BCUT2D eigenvalue weighted by atomic mass is 10.1. The van der Waals surface area contributed by atoms with E-state index in [4.69, 9.17) is 10.8 Å². The Morgan fingerprint density at radius 3 is 3.22 bits per heavy atom. The number of carboxylic acid groups (broad SMARTS) is 1. The highest BCUT2D eigenvalue weighted by Gasteiger charge is 2.20. The second-order valence-corrected chi connectivity index (χ2v) is 5.50. The Hall–Kier alpha value is -1.18. The molecule has 2 heterocycles. The highest BCUT2D eigenvalue weighted by atomic mass is 32.1. The zero-order valence-corrected chi connectivity index (χ0v) is 11.1. The van der Waals surface area contributed by atoms with Gasteiger partial charge in [-0.15, -0.1) is 11.3 Å². The normalized spacial score (nSPS) is 22.7. The van der Waals surface area contributed by atoms with E-state index in [2.05, 4.69) is 22.2 Å². The molecule has 0 spiro atoms. The lowest BCUT2D eigenvalue weighted by Gasteiger charge is -2.30. The number of nitrogens with two attached hydrogens (primary N) is 1. The van der Waals surface area contributed by atoms with Gasteiger partial charge in [-0.25, -0.2) is 4.98 Å². The summed E-state index contributed by atoms with van der Waals surface area (Å²) in [6.07, 6.45) is 2.28. The molecule has 18 heavy (non-hydrogen) atoms. The highest BCUT2D eigenvalue weighted by molar-refractivity contribution is 7.13. The Labute approximate surface area is 110 Å². The number of likely N-dealkylation sites (N-methyl/N-ethyl adjacent to an activating group) is 1. The van der Waals surface area contributed by atoms with Crippen LogP contribution in [0.5, 0.6) is 0 Å². The van der Waals surface area contributed by atoms with Gasteiger partial charge in [0, 0.05) is 18.0 Å². The van der Waals surface area contributed by atoms with Gasteiger partial charge in [-0.3, -0.25) is 4.79 Å². The number of thiazole rings is 1. The molecule has 1 aromatic heterocycles. The molecule has 100 valence electrons. The maximum Gasteiger partial charge on any atom is 0.326 e. The maximum atomic E-state index is 10.8. The van der Waals surface area contributed by atoms with Crippen molar-refractivity contribution in [1.29, 1.82) is 0 Å². The van der Waals surface area contributed by atoms with Gasteiger partial charge >= 0.3 is 5.97 Å². The van der Waals surface area contributed by atoms with E-state index in [9.17, 15) is 4.79 Å². The number of hydrogen-bond acceptors (Lipinski definition) is 6. The third kappa shape index (κ3) is 3.18. The second kappa shape index (κ2) is 5.64. The van der Waals surface area contributed by atoms with Crippen molar-refractivity contribution < 1.29 is 9.90 Å². The van der Waals surface area contributed by atoms with E-state index in [-0.39, 0.29) is 0 Å². The van der Waals surface area contributed by atoms with Crippen LogP contribution in [0.3, 0.4) is 0 Å². The van der Waals surface area contributed by atoms with Crippen molar-refractivity contribution in [3.8, 4) is 0 Å². The first kappa shape index (κ1) is 13.3. The Kier molecular flexibility index (Phi) is 4.15. The summed E-state index contributed by atoms with van der Waals surface area (Å²) in [5.74, 6) is -1.05. The number of anilines is 1. The van der Waals surface area contributed by atoms with E-state index in [1.807, 2.05) is 0 Å². The number of nitrogens with one attached hydrogen (secondary N) is 1. The van der Waals surface area contributed by atoms with E-state index in [1.54, 1.807) is 5.38 Å². The summed E-state index contributed by atoms with van der Waals surface area (Å²) in [4.78, 5) is 17.3. The molecule has 1 aliphatic heterocycles. The van der Waals surface area contributed by atoms with Gasteiger partial charge in [0.1, 0.15) is 6.04 Å². The van der Waals surface area contributed by atoms with E-state index in [0.29, 0.717) is 11.7 Å². The van der Waals surface area contributed by atoms with Crippen molar-refractivity contribution in [3.63, 3.8) is 0 Å². The van der Waals surface area contributed by atoms with Crippen LogP contribution in [-0.4, -0.2) is 47.1 Å². The third-order valence-electron chi connectivity index (χ3n) is 3.06. The molecule has 4 N–H and O–H groups in total. The molecule has 0 aliphatic carbocycles. The molecule has 1 fully saturated rings. The van der Waals surface area contributed by atoms with Gasteiger partial charge < -0.3 is 21.1 Å².